The van der Waals surface area contributed by atoms with Gasteiger partial charge in [0.2, 0.25) is 0 Å². The summed E-state index contributed by atoms with van der Waals surface area (Å²) in [7, 11) is 0. The van der Waals surface area contributed by atoms with Gasteiger partial charge in [0, 0.05) is 22.8 Å². The Labute approximate surface area is 167 Å². The van der Waals surface area contributed by atoms with Crippen molar-refractivity contribution in [3.05, 3.63) is 0 Å². The van der Waals surface area contributed by atoms with Crippen LogP contribution in [-0.4, -0.2) is 91.5 Å². The number of aliphatic carboxylic acids is 1. The van der Waals surface area contributed by atoms with Gasteiger partial charge in [-0.3, -0.25) is 9.59 Å². The molecule has 160 valence electrons. The number of ether oxygens (including phenoxy) is 1. The van der Waals surface area contributed by atoms with Crippen LogP contribution in [-0.2, 0) is 14.3 Å². The van der Waals surface area contributed by atoms with Crippen LogP contribution in [0.2, 0.25) is 0 Å². The van der Waals surface area contributed by atoms with Crippen LogP contribution >= 0.6 is 11.8 Å². The molecule has 2 bridgehead atoms. The summed E-state index contributed by atoms with van der Waals surface area (Å²) >= 11 is 1.10. The predicted octanol–water partition coefficient (Wildman–Crippen LogP) is -1.65. The number of carbonyl (C=O) groups excluding carboxylic acids is 1. The minimum Gasteiger partial charge on any atom is -0.480 e. The highest BCUT2D eigenvalue weighted by molar-refractivity contribution is 7.99. The third-order valence-corrected chi connectivity index (χ3v) is 8.55. The normalized spacial score (nSPS) is 49.0. The Morgan fingerprint density at radius 1 is 1.43 bits per heavy atom. The Balaban J connectivity index is 1.98. The van der Waals surface area contributed by atoms with Crippen LogP contribution in [0.15, 0.2) is 0 Å². The summed E-state index contributed by atoms with van der Waals surface area (Å²) in [6.45, 7) is 2.75. The van der Waals surface area contributed by atoms with E-state index < -0.39 is 71.2 Å². The SMILES string of the molecule is CC1C[C@H]2O[C@@H]3[C@H](O)C[C@](C)([C@@]2(CO)[C@H](O)C1=O)[C@]3(O)CSC[C@H](N)C(=O)O. The number of aliphatic hydroxyl groups excluding tert-OH is 3. The maximum Gasteiger partial charge on any atom is 0.321 e. The monoisotopic (exact) mass is 419 g/mol. The lowest BCUT2D eigenvalue weighted by Gasteiger charge is -2.63. The van der Waals surface area contributed by atoms with Crippen molar-refractivity contribution in [2.45, 2.75) is 62.7 Å². The number of hydrogen-bond donors (Lipinski definition) is 6. The molecule has 9 atom stereocenters. The first-order valence-corrected chi connectivity index (χ1v) is 10.6. The van der Waals surface area contributed by atoms with Gasteiger partial charge in [-0.15, -0.1) is 0 Å². The molecule has 1 unspecified atom stereocenters. The number of carboxylic acids is 1. The number of ketones is 1. The first-order chi connectivity index (χ1) is 13.0. The highest BCUT2D eigenvalue weighted by atomic mass is 32.2. The summed E-state index contributed by atoms with van der Waals surface area (Å²) in [4.78, 5) is 23.5. The van der Waals surface area contributed by atoms with Gasteiger partial charge < -0.3 is 36.0 Å². The molecule has 3 rings (SSSR count). The fourth-order valence-corrected chi connectivity index (χ4v) is 6.81. The van der Waals surface area contributed by atoms with Crippen LogP contribution in [0.5, 0.6) is 0 Å². The van der Waals surface area contributed by atoms with E-state index in [1.54, 1.807) is 13.8 Å². The lowest BCUT2D eigenvalue weighted by Crippen LogP contribution is -2.75. The topological polar surface area (TPSA) is 171 Å². The summed E-state index contributed by atoms with van der Waals surface area (Å²) in [5.74, 6) is -2.03. The average molecular weight is 419 g/mol. The molecule has 0 aromatic heterocycles. The van der Waals surface area contributed by atoms with Crippen molar-refractivity contribution in [3.63, 3.8) is 0 Å². The number of thioether (sulfide) groups is 1. The molecule has 1 aliphatic heterocycles. The zero-order valence-corrected chi connectivity index (χ0v) is 16.8. The number of nitrogens with two attached hydrogens (primary N) is 1. The highest BCUT2D eigenvalue weighted by Gasteiger charge is 2.78. The molecule has 0 radical (unpaired) electrons. The van der Waals surface area contributed by atoms with Gasteiger partial charge >= 0.3 is 5.97 Å². The third kappa shape index (κ3) is 2.69. The van der Waals surface area contributed by atoms with Crippen LogP contribution in [0.25, 0.3) is 0 Å². The van der Waals surface area contributed by atoms with Gasteiger partial charge in [-0.1, -0.05) is 13.8 Å². The van der Waals surface area contributed by atoms with E-state index in [-0.39, 0.29) is 24.3 Å². The maximum absolute atomic E-state index is 12.6. The molecule has 7 N–H and O–H groups in total. The van der Waals surface area contributed by atoms with Crippen molar-refractivity contribution in [1.82, 2.24) is 0 Å². The second-order valence-electron chi connectivity index (χ2n) is 8.67. The van der Waals surface area contributed by atoms with E-state index in [2.05, 4.69) is 0 Å². The Bertz CT molecular complexity index is 663. The van der Waals surface area contributed by atoms with Crippen molar-refractivity contribution in [1.29, 1.82) is 0 Å². The summed E-state index contributed by atoms with van der Waals surface area (Å²) in [6, 6.07) is -1.12. The van der Waals surface area contributed by atoms with Gasteiger partial charge in [-0.25, -0.2) is 0 Å². The minimum atomic E-state index is -1.68. The molecule has 3 fully saturated rings. The Morgan fingerprint density at radius 2 is 2.07 bits per heavy atom. The molecule has 3 aliphatic rings. The lowest BCUT2D eigenvalue weighted by atomic mass is 9.48. The van der Waals surface area contributed by atoms with Gasteiger partial charge in [-0.05, 0) is 12.8 Å². The quantitative estimate of drug-likeness (QED) is 0.293. The van der Waals surface area contributed by atoms with E-state index in [1.807, 2.05) is 0 Å². The van der Waals surface area contributed by atoms with Gasteiger partial charge in [0.25, 0.3) is 0 Å². The number of carboxylic acid groups (broad SMARTS) is 1. The van der Waals surface area contributed by atoms with E-state index >= 15 is 0 Å². The van der Waals surface area contributed by atoms with Crippen molar-refractivity contribution in [2.24, 2.45) is 22.5 Å². The predicted molar refractivity (Wildman–Crippen MR) is 99.6 cm³/mol. The summed E-state index contributed by atoms with van der Waals surface area (Å²) in [5.41, 5.74) is 1.15. The van der Waals surface area contributed by atoms with E-state index in [1.165, 1.54) is 0 Å². The first kappa shape index (κ1) is 21.9. The zero-order valence-electron chi connectivity index (χ0n) is 15.9. The molecule has 10 heteroatoms. The van der Waals surface area contributed by atoms with Crippen LogP contribution < -0.4 is 5.73 Å². The molecule has 9 nitrogen and oxygen atoms in total. The standard InChI is InChI=1S/C18H29NO8S/c1-8-3-11-17(6-20,13(23)12(8)22)16(2)4-10(21)14(27-11)18(16,26)7-28-5-9(19)15(24)25/h8-11,13-14,20-21,23,26H,3-7,19H2,1-2H3,(H,24,25)/t8?,9-,10+,11+,13+,14+,16+,17+,18-/m0/s1. The third-order valence-electron chi connectivity index (χ3n) is 7.31. The minimum absolute atomic E-state index is 0.0167. The molecular formula is C18H29NO8S. The number of hydrogen-bond acceptors (Lipinski definition) is 9. The van der Waals surface area contributed by atoms with Gasteiger partial charge in [0.05, 0.1) is 24.2 Å². The Hall–Kier alpha value is -0.750. The average Bonchev–Trinajstić information content (AvgIpc) is 2.74. The Morgan fingerprint density at radius 3 is 2.64 bits per heavy atom. The molecule has 0 aromatic carbocycles. The summed E-state index contributed by atoms with van der Waals surface area (Å²) in [6.07, 6.45) is -3.93. The summed E-state index contributed by atoms with van der Waals surface area (Å²) < 4.78 is 6.03. The van der Waals surface area contributed by atoms with Crippen LogP contribution in [0.3, 0.4) is 0 Å². The molecule has 0 amide bonds. The van der Waals surface area contributed by atoms with E-state index in [4.69, 9.17) is 15.6 Å². The molecule has 2 saturated carbocycles. The smallest absolute Gasteiger partial charge is 0.321 e. The number of rotatable bonds is 6. The molecule has 2 aliphatic carbocycles. The number of fused-ring (bicyclic) bond motifs is 4. The first-order valence-electron chi connectivity index (χ1n) is 9.41. The summed E-state index contributed by atoms with van der Waals surface area (Å²) in [5, 5.41) is 52.4. The highest BCUT2D eigenvalue weighted by Crippen LogP contribution is 2.67. The molecule has 0 spiro atoms. The molecular weight excluding hydrogens is 390 g/mol. The van der Waals surface area contributed by atoms with Crippen molar-refractivity contribution in [2.75, 3.05) is 18.1 Å². The molecule has 1 saturated heterocycles. The van der Waals surface area contributed by atoms with Gasteiger partial charge in [0.1, 0.15) is 23.9 Å². The maximum atomic E-state index is 12.6. The van der Waals surface area contributed by atoms with Crippen molar-refractivity contribution >= 4 is 23.5 Å². The van der Waals surface area contributed by atoms with E-state index in [0.29, 0.717) is 0 Å². The molecule has 1 heterocycles. The molecule has 0 aromatic rings. The second kappa shape index (κ2) is 7.19. The molecule has 28 heavy (non-hydrogen) atoms. The zero-order chi connectivity index (χ0) is 21.1. The number of aliphatic hydroxyl groups is 4. The fraction of sp³-hybridized carbons (Fsp3) is 0.889. The van der Waals surface area contributed by atoms with Crippen LogP contribution in [0.4, 0.5) is 0 Å². The van der Waals surface area contributed by atoms with Gasteiger partial charge in [0.15, 0.2) is 5.78 Å². The van der Waals surface area contributed by atoms with Crippen molar-refractivity contribution < 1.29 is 39.9 Å². The fourth-order valence-electron chi connectivity index (χ4n) is 5.51. The van der Waals surface area contributed by atoms with Gasteiger partial charge in [-0.2, -0.15) is 11.8 Å². The van der Waals surface area contributed by atoms with Crippen LogP contribution in [0, 0.1) is 16.7 Å². The second-order valence-corrected chi connectivity index (χ2v) is 9.70. The van der Waals surface area contributed by atoms with E-state index in [9.17, 15) is 30.0 Å². The largest absolute Gasteiger partial charge is 0.480 e. The number of Topliss-reactive ketones (excluding diaryl/α,β-unsaturated/α-hetero) is 1. The Kier molecular flexibility index (Phi) is 5.63. The number of carbonyl (C=O) groups is 2. The van der Waals surface area contributed by atoms with Crippen molar-refractivity contribution in [3.8, 4) is 0 Å². The van der Waals surface area contributed by atoms with E-state index in [0.717, 1.165) is 11.8 Å². The van der Waals surface area contributed by atoms with Crippen LogP contribution in [0.1, 0.15) is 26.7 Å². The lowest BCUT2D eigenvalue weighted by molar-refractivity contribution is -0.309.